The number of carbonyl (C=O) groups excluding carboxylic acids is 3. The van der Waals surface area contributed by atoms with Crippen molar-refractivity contribution in [3.05, 3.63) is 30.1 Å². The fraction of sp³-hybridized carbons (Fsp3) is 0. The van der Waals surface area contributed by atoms with E-state index in [4.69, 9.17) is 0 Å². The number of carbonyl (C=O) groups is 3. The van der Waals surface area contributed by atoms with E-state index in [1.807, 2.05) is 0 Å². The maximum atomic E-state index is 10.8. The van der Waals surface area contributed by atoms with Gasteiger partial charge in [-0.05, 0) is 47.8 Å². The summed E-state index contributed by atoms with van der Waals surface area (Å²) in [6.07, 6.45) is 1.71. The summed E-state index contributed by atoms with van der Waals surface area (Å²) in [6.45, 7) is 0. The lowest BCUT2D eigenvalue weighted by Crippen LogP contribution is -1.99. The Hall–Kier alpha value is -0.330. The summed E-state index contributed by atoms with van der Waals surface area (Å²) in [6, 6.07) is 0. The van der Waals surface area contributed by atoms with Gasteiger partial charge in [0, 0.05) is 30.1 Å². The van der Waals surface area contributed by atoms with E-state index in [-0.39, 0.29) is 16.7 Å². The van der Waals surface area contributed by atoms with Gasteiger partial charge in [0.25, 0.3) is 0 Å². The van der Waals surface area contributed by atoms with Crippen molar-refractivity contribution >= 4 is 66.6 Å². The maximum absolute atomic E-state index is 10.8. The van der Waals surface area contributed by atoms with Gasteiger partial charge in [-0.3, -0.25) is 14.4 Å². The molecular formula is C9H3Br3O3. The van der Waals surface area contributed by atoms with Crippen LogP contribution in [0.3, 0.4) is 0 Å². The number of halogens is 3. The Morgan fingerprint density at radius 2 is 0.800 bits per heavy atom. The molecule has 0 unspecified atom stereocenters. The van der Waals surface area contributed by atoms with Crippen LogP contribution in [0.15, 0.2) is 13.4 Å². The van der Waals surface area contributed by atoms with E-state index in [0.717, 1.165) is 0 Å². The first-order valence-electron chi connectivity index (χ1n) is 3.64. The second-order valence-electron chi connectivity index (χ2n) is 2.54. The monoisotopic (exact) mass is 396 g/mol. The van der Waals surface area contributed by atoms with Gasteiger partial charge in [-0.25, -0.2) is 0 Å². The van der Waals surface area contributed by atoms with Crippen LogP contribution in [0.25, 0.3) is 0 Å². The molecule has 1 rings (SSSR count). The summed E-state index contributed by atoms with van der Waals surface area (Å²) in [5.41, 5.74) is 0.715. The van der Waals surface area contributed by atoms with Gasteiger partial charge in [-0.15, -0.1) is 0 Å². The van der Waals surface area contributed by atoms with Gasteiger partial charge in [0.05, 0.1) is 0 Å². The van der Waals surface area contributed by atoms with Gasteiger partial charge < -0.3 is 0 Å². The minimum absolute atomic E-state index is 0.238. The zero-order valence-corrected chi connectivity index (χ0v) is 11.8. The molecule has 0 fully saturated rings. The van der Waals surface area contributed by atoms with Crippen molar-refractivity contribution in [1.82, 2.24) is 0 Å². The minimum Gasteiger partial charge on any atom is -0.298 e. The van der Waals surface area contributed by atoms with Crippen molar-refractivity contribution in [2.75, 3.05) is 0 Å². The van der Waals surface area contributed by atoms with Crippen LogP contribution in [0, 0.1) is 0 Å². The van der Waals surface area contributed by atoms with Gasteiger partial charge in [-0.1, -0.05) is 0 Å². The molecule has 6 heteroatoms. The molecule has 0 aliphatic heterocycles. The lowest BCUT2D eigenvalue weighted by molar-refractivity contribution is 0.112. The Morgan fingerprint density at radius 1 is 0.600 bits per heavy atom. The van der Waals surface area contributed by atoms with Crippen LogP contribution in [0.1, 0.15) is 31.1 Å². The van der Waals surface area contributed by atoms with Gasteiger partial charge in [0.1, 0.15) is 0 Å². The molecule has 0 saturated carbocycles. The molecular weight excluding hydrogens is 396 g/mol. The molecule has 0 bridgehead atoms. The molecule has 0 amide bonds. The summed E-state index contributed by atoms with van der Waals surface area (Å²) in [5.74, 6) is 0. The van der Waals surface area contributed by atoms with E-state index >= 15 is 0 Å². The van der Waals surface area contributed by atoms with Crippen molar-refractivity contribution in [3.8, 4) is 0 Å². The van der Waals surface area contributed by atoms with Crippen LogP contribution in [-0.4, -0.2) is 18.9 Å². The van der Waals surface area contributed by atoms with Crippen LogP contribution in [0.2, 0.25) is 0 Å². The number of benzene rings is 1. The molecule has 0 aromatic heterocycles. The maximum Gasteiger partial charge on any atom is 0.152 e. The van der Waals surface area contributed by atoms with E-state index in [0.29, 0.717) is 32.3 Å². The smallest absolute Gasteiger partial charge is 0.152 e. The second kappa shape index (κ2) is 5.14. The number of hydrogen-bond acceptors (Lipinski definition) is 3. The highest BCUT2D eigenvalue weighted by molar-refractivity contribution is 9.11. The zero-order valence-electron chi connectivity index (χ0n) is 7.09. The van der Waals surface area contributed by atoms with Crippen LogP contribution in [-0.2, 0) is 0 Å². The third kappa shape index (κ3) is 2.11. The fourth-order valence-corrected chi connectivity index (χ4v) is 3.58. The lowest BCUT2D eigenvalue weighted by Gasteiger charge is -2.09. The van der Waals surface area contributed by atoms with Gasteiger partial charge in [0.15, 0.2) is 18.9 Å². The van der Waals surface area contributed by atoms with E-state index in [9.17, 15) is 14.4 Å². The minimum atomic E-state index is 0.238. The largest absolute Gasteiger partial charge is 0.298 e. The highest BCUT2D eigenvalue weighted by atomic mass is 79.9. The number of aldehydes is 3. The molecule has 78 valence electrons. The normalized spacial score (nSPS) is 9.80. The Labute approximate surface area is 111 Å². The molecule has 1 aromatic carbocycles. The van der Waals surface area contributed by atoms with Crippen LogP contribution >= 0.6 is 47.8 Å². The van der Waals surface area contributed by atoms with Crippen molar-refractivity contribution in [2.45, 2.75) is 0 Å². The quantitative estimate of drug-likeness (QED) is 0.733. The molecule has 0 spiro atoms. The molecule has 15 heavy (non-hydrogen) atoms. The lowest BCUT2D eigenvalue weighted by atomic mass is 10.1. The van der Waals surface area contributed by atoms with E-state index < -0.39 is 0 Å². The molecule has 0 atom stereocenters. The number of rotatable bonds is 3. The molecule has 0 saturated heterocycles. The first-order chi connectivity index (χ1) is 7.08. The molecule has 1 aromatic rings. The first-order valence-corrected chi connectivity index (χ1v) is 6.02. The second-order valence-corrected chi connectivity index (χ2v) is 4.92. The predicted octanol–water partition coefficient (Wildman–Crippen LogP) is 3.41. The molecule has 0 radical (unpaired) electrons. The van der Waals surface area contributed by atoms with Crippen LogP contribution in [0.4, 0.5) is 0 Å². The summed E-state index contributed by atoms with van der Waals surface area (Å²) >= 11 is 9.38. The van der Waals surface area contributed by atoms with Crippen LogP contribution in [0.5, 0.6) is 0 Å². The van der Waals surface area contributed by atoms with Crippen molar-refractivity contribution in [1.29, 1.82) is 0 Å². The zero-order chi connectivity index (χ0) is 11.6. The van der Waals surface area contributed by atoms with Gasteiger partial charge >= 0.3 is 0 Å². The van der Waals surface area contributed by atoms with Gasteiger partial charge in [-0.2, -0.15) is 0 Å². The molecule has 0 aliphatic carbocycles. The molecule has 3 nitrogen and oxygen atoms in total. The Balaban J connectivity index is 3.79. The highest BCUT2D eigenvalue weighted by Crippen LogP contribution is 2.36. The van der Waals surface area contributed by atoms with Gasteiger partial charge in [0.2, 0.25) is 0 Å². The summed E-state index contributed by atoms with van der Waals surface area (Å²) in [4.78, 5) is 32.4. The Bertz CT molecular complexity index is 367. The average Bonchev–Trinajstić information content (AvgIpc) is 2.19. The van der Waals surface area contributed by atoms with Crippen molar-refractivity contribution in [2.24, 2.45) is 0 Å². The molecule has 0 N–H and O–H groups in total. The van der Waals surface area contributed by atoms with E-state index in [1.54, 1.807) is 0 Å². The fourth-order valence-electron chi connectivity index (χ4n) is 1.03. The Kier molecular flexibility index (Phi) is 4.36. The summed E-state index contributed by atoms with van der Waals surface area (Å²) < 4.78 is 1.07. The molecule has 0 heterocycles. The number of hydrogen-bond donors (Lipinski definition) is 0. The standard InChI is InChI=1S/C9H3Br3O3/c10-7-4(1-13)8(11)6(3-15)9(12)5(7)2-14/h1-3H. The van der Waals surface area contributed by atoms with E-state index in [2.05, 4.69) is 47.8 Å². The SMILES string of the molecule is O=Cc1c(Br)c(C=O)c(Br)c(C=O)c1Br. The van der Waals surface area contributed by atoms with E-state index in [1.165, 1.54) is 0 Å². The van der Waals surface area contributed by atoms with Crippen LogP contribution < -0.4 is 0 Å². The Morgan fingerprint density at radius 3 is 0.933 bits per heavy atom. The van der Waals surface area contributed by atoms with Crippen molar-refractivity contribution in [3.63, 3.8) is 0 Å². The predicted molar refractivity (Wildman–Crippen MR) is 65.7 cm³/mol. The third-order valence-corrected chi connectivity index (χ3v) is 4.34. The first kappa shape index (κ1) is 12.7. The molecule has 0 aliphatic rings. The third-order valence-electron chi connectivity index (χ3n) is 1.77. The average molecular weight is 399 g/mol. The summed E-state index contributed by atoms with van der Waals surface area (Å²) in [5, 5.41) is 0. The highest BCUT2D eigenvalue weighted by Gasteiger charge is 2.18. The topological polar surface area (TPSA) is 51.2 Å². The summed E-state index contributed by atoms with van der Waals surface area (Å²) in [7, 11) is 0. The van der Waals surface area contributed by atoms with Crippen molar-refractivity contribution < 1.29 is 14.4 Å².